The standard InChI is InChI=1S/C10H10F3N3O4S/c11-10(12,13)8(19)14-6-5(7(17)18)21-9(15-6)16-1-3-20-4-2-16/h1-4H2,(H,14,19)(H,17,18). The van der Waals surface area contributed by atoms with Crippen molar-refractivity contribution in [3.05, 3.63) is 4.88 Å². The van der Waals surface area contributed by atoms with Crippen LogP contribution in [0.3, 0.4) is 0 Å². The van der Waals surface area contributed by atoms with Crippen molar-refractivity contribution in [2.75, 3.05) is 36.5 Å². The molecule has 7 nitrogen and oxygen atoms in total. The van der Waals surface area contributed by atoms with E-state index in [4.69, 9.17) is 9.84 Å². The molecule has 11 heteroatoms. The topological polar surface area (TPSA) is 91.8 Å². The molecular weight excluding hydrogens is 315 g/mol. The Hall–Kier alpha value is -1.88. The summed E-state index contributed by atoms with van der Waals surface area (Å²) in [5.41, 5.74) is 0. The number of thiazole rings is 1. The average molecular weight is 325 g/mol. The summed E-state index contributed by atoms with van der Waals surface area (Å²) >= 11 is 0.704. The lowest BCUT2D eigenvalue weighted by atomic mass is 10.4. The van der Waals surface area contributed by atoms with Crippen LogP contribution in [-0.2, 0) is 9.53 Å². The minimum absolute atomic E-state index is 0.230. The Morgan fingerprint density at radius 3 is 2.48 bits per heavy atom. The molecule has 0 radical (unpaired) electrons. The summed E-state index contributed by atoms with van der Waals surface area (Å²) in [4.78, 5) is 27.0. The second-order valence-electron chi connectivity index (χ2n) is 4.03. The zero-order chi connectivity index (χ0) is 15.6. The van der Waals surface area contributed by atoms with Gasteiger partial charge in [0.15, 0.2) is 15.8 Å². The smallest absolute Gasteiger partial charge is 0.471 e. The van der Waals surface area contributed by atoms with Gasteiger partial charge >= 0.3 is 18.1 Å². The molecule has 21 heavy (non-hydrogen) atoms. The highest BCUT2D eigenvalue weighted by Crippen LogP contribution is 2.31. The van der Waals surface area contributed by atoms with Gasteiger partial charge in [-0.1, -0.05) is 11.3 Å². The Balaban J connectivity index is 2.25. The molecule has 2 rings (SSSR count). The molecule has 1 aliphatic rings. The lowest BCUT2D eigenvalue weighted by Crippen LogP contribution is -2.36. The number of nitrogens with zero attached hydrogens (tertiary/aromatic N) is 2. The van der Waals surface area contributed by atoms with Gasteiger partial charge in [0.1, 0.15) is 0 Å². The number of carboxylic acid groups (broad SMARTS) is 1. The Bertz CT molecular complexity index is 554. The first kappa shape index (κ1) is 15.5. The van der Waals surface area contributed by atoms with Crippen LogP contribution in [-0.4, -0.2) is 54.4 Å². The number of carboxylic acids is 1. The monoisotopic (exact) mass is 325 g/mol. The number of rotatable bonds is 3. The molecule has 2 heterocycles. The first-order chi connectivity index (χ1) is 9.79. The van der Waals surface area contributed by atoms with Crippen molar-refractivity contribution in [3.63, 3.8) is 0 Å². The Labute approximate surface area is 120 Å². The largest absolute Gasteiger partial charge is 0.477 e. The predicted molar refractivity (Wildman–Crippen MR) is 66.8 cm³/mol. The summed E-state index contributed by atoms with van der Waals surface area (Å²) in [5.74, 6) is -4.32. The van der Waals surface area contributed by atoms with Crippen molar-refractivity contribution in [1.82, 2.24) is 4.98 Å². The normalized spacial score (nSPS) is 15.9. The molecule has 116 valence electrons. The minimum atomic E-state index is -5.11. The number of hydrogen-bond donors (Lipinski definition) is 2. The summed E-state index contributed by atoms with van der Waals surface area (Å²) in [6, 6.07) is 0. The third-order valence-corrected chi connectivity index (χ3v) is 3.69. The van der Waals surface area contributed by atoms with Crippen molar-refractivity contribution in [3.8, 4) is 0 Å². The number of aromatic nitrogens is 1. The number of nitrogens with one attached hydrogen (secondary N) is 1. The van der Waals surface area contributed by atoms with Crippen LogP contribution in [0, 0.1) is 0 Å². The lowest BCUT2D eigenvalue weighted by molar-refractivity contribution is -0.167. The zero-order valence-corrected chi connectivity index (χ0v) is 11.3. The van der Waals surface area contributed by atoms with Crippen molar-refractivity contribution in [2.45, 2.75) is 6.18 Å². The number of morpholine rings is 1. The van der Waals surface area contributed by atoms with Crippen molar-refractivity contribution < 1.29 is 32.6 Å². The summed E-state index contributed by atoms with van der Waals surface area (Å²) in [5, 5.41) is 10.7. The Kier molecular flexibility index (Phi) is 4.32. The molecule has 0 aliphatic carbocycles. The lowest BCUT2D eigenvalue weighted by Gasteiger charge is -2.25. The van der Waals surface area contributed by atoms with E-state index in [2.05, 4.69) is 4.98 Å². The van der Waals surface area contributed by atoms with Crippen LogP contribution in [0.1, 0.15) is 9.67 Å². The SMILES string of the molecule is O=C(O)c1sc(N2CCOCC2)nc1NC(=O)C(F)(F)F. The number of carbonyl (C=O) groups excluding carboxylic acids is 1. The molecule has 1 saturated heterocycles. The highest BCUT2D eigenvalue weighted by Gasteiger charge is 2.40. The molecule has 1 fully saturated rings. The van der Waals surface area contributed by atoms with Gasteiger partial charge < -0.3 is 20.1 Å². The van der Waals surface area contributed by atoms with Crippen LogP contribution in [0.25, 0.3) is 0 Å². The molecule has 0 aromatic carbocycles. The maximum atomic E-state index is 12.2. The zero-order valence-electron chi connectivity index (χ0n) is 10.4. The van der Waals surface area contributed by atoms with Crippen LogP contribution in [0.4, 0.5) is 24.1 Å². The van der Waals surface area contributed by atoms with Gasteiger partial charge in [0, 0.05) is 13.1 Å². The van der Waals surface area contributed by atoms with Crippen LogP contribution in [0.2, 0.25) is 0 Å². The highest BCUT2D eigenvalue weighted by molar-refractivity contribution is 7.18. The van der Waals surface area contributed by atoms with Gasteiger partial charge in [-0.15, -0.1) is 0 Å². The summed E-state index contributed by atoms with van der Waals surface area (Å²) in [6.07, 6.45) is -5.11. The number of aromatic carboxylic acids is 1. The van der Waals surface area contributed by atoms with Gasteiger partial charge in [-0.25, -0.2) is 9.78 Å². The number of amides is 1. The summed E-state index contributed by atoms with van der Waals surface area (Å²) in [6.45, 7) is 1.71. The number of hydrogen-bond acceptors (Lipinski definition) is 6. The molecule has 2 N–H and O–H groups in total. The quantitative estimate of drug-likeness (QED) is 0.867. The van der Waals surface area contributed by atoms with E-state index in [1.54, 1.807) is 4.90 Å². The fourth-order valence-electron chi connectivity index (χ4n) is 1.61. The summed E-state index contributed by atoms with van der Waals surface area (Å²) in [7, 11) is 0. The van der Waals surface area contributed by atoms with Gasteiger partial charge in [-0.2, -0.15) is 13.2 Å². The highest BCUT2D eigenvalue weighted by atomic mass is 32.1. The van der Waals surface area contributed by atoms with E-state index in [-0.39, 0.29) is 5.13 Å². The number of halogens is 3. The molecule has 0 saturated carbocycles. The second-order valence-corrected chi connectivity index (χ2v) is 5.01. The number of carbonyl (C=O) groups is 2. The minimum Gasteiger partial charge on any atom is -0.477 e. The third-order valence-electron chi connectivity index (χ3n) is 2.58. The molecule has 0 spiro atoms. The van der Waals surface area contributed by atoms with E-state index < -0.39 is 28.7 Å². The van der Waals surface area contributed by atoms with Gasteiger partial charge in [0.05, 0.1) is 13.2 Å². The summed E-state index contributed by atoms with van der Waals surface area (Å²) < 4.78 is 41.8. The number of ether oxygens (including phenoxy) is 1. The van der Waals surface area contributed by atoms with Gasteiger partial charge in [-0.3, -0.25) is 4.79 Å². The molecule has 1 amide bonds. The van der Waals surface area contributed by atoms with Gasteiger partial charge in [0.2, 0.25) is 0 Å². The molecule has 1 aliphatic heterocycles. The van der Waals surface area contributed by atoms with E-state index in [9.17, 15) is 22.8 Å². The van der Waals surface area contributed by atoms with Crippen LogP contribution in [0.15, 0.2) is 0 Å². The van der Waals surface area contributed by atoms with Crippen molar-refractivity contribution >= 4 is 34.2 Å². The van der Waals surface area contributed by atoms with E-state index in [1.165, 1.54) is 5.32 Å². The van der Waals surface area contributed by atoms with E-state index in [0.29, 0.717) is 37.6 Å². The molecular formula is C10H10F3N3O4S. The van der Waals surface area contributed by atoms with E-state index >= 15 is 0 Å². The van der Waals surface area contributed by atoms with Crippen LogP contribution in [0.5, 0.6) is 0 Å². The molecule has 1 aromatic rings. The maximum absolute atomic E-state index is 12.2. The van der Waals surface area contributed by atoms with Crippen LogP contribution >= 0.6 is 11.3 Å². The Morgan fingerprint density at radius 2 is 1.95 bits per heavy atom. The van der Waals surface area contributed by atoms with Crippen molar-refractivity contribution in [2.24, 2.45) is 0 Å². The maximum Gasteiger partial charge on any atom is 0.471 e. The number of alkyl halides is 3. The predicted octanol–water partition coefficient (Wildman–Crippen LogP) is 1.18. The first-order valence-electron chi connectivity index (χ1n) is 5.74. The fourth-order valence-corrected chi connectivity index (χ4v) is 2.52. The fraction of sp³-hybridized carbons (Fsp3) is 0.500. The van der Waals surface area contributed by atoms with Crippen LogP contribution < -0.4 is 10.2 Å². The second kappa shape index (κ2) is 5.85. The Morgan fingerprint density at radius 1 is 1.33 bits per heavy atom. The van der Waals surface area contributed by atoms with Gasteiger partial charge in [0.25, 0.3) is 0 Å². The third kappa shape index (κ3) is 3.61. The van der Waals surface area contributed by atoms with E-state index in [1.807, 2.05) is 0 Å². The first-order valence-corrected chi connectivity index (χ1v) is 6.55. The van der Waals surface area contributed by atoms with Gasteiger partial charge in [-0.05, 0) is 0 Å². The molecule has 1 aromatic heterocycles. The van der Waals surface area contributed by atoms with Crippen molar-refractivity contribution in [1.29, 1.82) is 0 Å². The van der Waals surface area contributed by atoms with E-state index in [0.717, 1.165) is 0 Å². The number of anilines is 2. The average Bonchev–Trinajstić information content (AvgIpc) is 2.83. The molecule has 0 unspecified atom stereocenters. The molecule has 0 bridgehead atoms. The molecule has 0 atom stereocenters.